The fourth-order valence-corrected chi connectivity index (χ4v) is 3.34. The minimum absolute atomic E-state index is 0.113. The van der Waals surface area contributed by atoms with Gasteiger partial charge in [0.1, 0.15) is 24.4 Å². The lowest BCUT2D eigenvalue weighted by atomic mass is 10.0. The molecule has 0 spiro atoms. The molecule has 0 saturated carbocycles. The summed E-state index contributed by atoms with van der Waals surface area (Å²) in [7, 11) is 3.31. The molecule has 0 radical (unpaired) electrons. The molecule has 0 fully saturated rings. The van der Waals surface area contributed by atoms with Crippen LogP contribution in [0.1, 0.15) is 13.3 Å². The van der Waals surface area contributed by atoms with Crippen molar-refractivity contribution in [2.75, 3.05) is 46.0 Å². The Balaban J connectivity index is 1.86. The quantitative estimate of drug-likeness (QED) is 0.451. The Kier molecular flexibility index (Phi) is 8.60. The normalized spacial score (nSPS) is 22.1. The van der Waals surface area contributed by atoms with Crippen LogP contribution in [0.2, 0.25) is 0 Å². The summed E-state index contributed by atoms with van der Waals surface area (Å²) in [6.45, 7) is 3.81. The SMILES string of the molecule is CC#CC1=CC(Nc2ncnc3c2=CC(OCCOC)C(OCCOC)C=3)CC=C1. The van der Waals surface area contributed by atoms with E-state index in [4.69, 9.17) is 18.9 Å². The maximum Gasteiger partial charge on any atom is 0.137 e. The van der Waals surface area contributed by atoms with Crippen molar-refractivity contribution in [1.82, 2.24) is 9.97 Å². The maximum absolute atomic E-state index is 6.02. The van der Waals surface area contributed by atoms with E-state index >= 15 is 0 Å². The number of hydrogen-bond acceptors (Lipinski definition) is 7. The van der Waals surface area contributed by atoms with Crippen LogP contribution in [0.3, 0.4) is 0 Å². The Labute approximate surface area is 177 Å². The van der Waals surface area contributed by atoms with E-state index in [1.165, 1.54) is 0 Å². The largest absolute Gasteiger partial charge is 0.382 e. The number of hydrogen-bond donors (Lipinski definition) is 1. The molecule has 7 nitrogen and oxygen atoms in total. The summed E-state index contributed by atoms with van der Waals surface area (Å²) in [4.78, 5) is 8.93. The molecular weight excluding hydrogens is 382 g/mol. The topological polar surface area (TPSA) is 74.7 Å². The minimum atomic E-state index is -0.264. The van der Waals surface area contributed by atoms with E-state index in [9.17, 15) is 0 Å². The van der Waals surface area contributed by atoms with Crippen LogP contribution in [0.5, 0.6) is 0 Å². The van der Waals surface area contributed by atoms with Gasteiger partial charge < -0.3 is 24.3 Å². The second-order valence-corrected chi connectivity index (χ2v) is 6.90. The molecule has 7 heteroatoms. The molecule has 0 aliphatic heterocycles. The van der Waals surface area contributed by atoms with Gasteiger partial charge in [0.25, 0.3) is 0 Å². The number of ether oxygens (including phenoxy) is 4. The van der Waals surface area contributed by atoms with Gasteiger partial charge in [-0.2, -0.15) is 0 Å². The zero-order chi connectivity index (χ0) is 21.2. The van der Waals surface area contributed by atoms with Crippen LogP contribution >= 0.6 is 0 Å². The highest BCUT2D eigenvalue weighted by atomic mass is 16.6. The third kappa shape index (κ3) is 6.00. The van der Waals surface area contributed by atoms with Crippen LogP contribution in [-0.2, 0) is 18.9 Å². The highest BCUT2D eigenvalue weighted by Crippen LogP contribution is 2.14. The van der Waals surface area contributed by atoms with Gasteiger partial charge in [0.15, 0.2) is 0 Å². The van der Waals surface area contributed by atoms with Crippen molar-refractivity contribution in [3.63, 3.8) is 0 Å². The Hall–Kier alpha value is -2.50. The van der Waals surface area contributed by atoms with E-state index < -0.39 is 0 Å². The van der Waals surface area contributed by atoms with Crippen LogP contribution in [-0.4, -0.2) is 68.9 Å². The average Bonchev–Trinajstić information content (AvgIpc) is 2.75. The van der Waals surface area contributed by atoms with Gasteiger partial charge in [-0.15, -0.1) is 5.92 Å². The molecule has 1 N–H and O–H groups in total. The fraction of sp³-hybridized carbons (Fsp3) is 0.478. The van der Waals surface area contributed by atoms with Gasteiger partial charge in [-0.25, -0.2) is 9.97 Å². The molecule has 3 unspecified atom stereocenters. The van der Waals surface area contributed by atoms with E-state index in [-0.39, 0.29) is 18.2 Å². The molecule has 0 amide bonds. The minimum Gasteiger partial charge on any atom is -0.382 e. The molecule has 1 aromatic rings. The van der Waals surface area contributed by atoms with Crippen molar-refractivity contribution in [2.45, 2.75) is 31.6 Å². The third-order valence-corrected chi connectivity index (χ3v) is 4.75. The van der Waals surface area contributed by atoms with E-state index in [1.54, 1.807) is 20.5 Å². The van der Waals surface area contributed by atoms with Crippen molar-refractivity contribution in [1.29, 1.82) is 0 Å². The first-order chi connectivity index (χ1) is 14.7. The van der Waals surface area contributed by atoms with E-state index in [0.29, 0.717) is 26.4 Å². The summed E-state index contributed by atoms with van der Waals surface area (Å²) in [6, 6.07) is 0.113. The molecule has 1 heterocycles. The Morgan fingerprint density at radius 1 is 1.00 bits per heavy atom. The molecule has 160 valence electrons. The van der Waals surface area contributed by atoms with Crippen molar-refractivity contribution < 1.29 is 18.9 Å². The summed E-state index contributed by atoms with van der Waals surface area (Å²) in [5.74, 6) is 6.82. The third-order valence-electron chi connectivity index (χ3n) is 4.75. The van der Waals surface area contributed by atoms with Gasteiger partial charge in [0, 0.05) is 25.0 Å². The first-order valence-electron chi connectivity index (χ1n) is 10.1. The van der Waals surface area contributed by atoms with Crippen LogP contribution in [0.25, 0.3) is 12.2 Å². The van der Waals surface area contributed by atoms with E-state index in [1.807, 2.05) is 25.2 Å². The van der Waals surface area contributed by atoms with Gasteiger partial charge in [0.05, 0.1) is 37.8 Å². The summed E-state index contributed by atoms with van der Waals surface area (Å²) in [5, 5.41) is 5.25. The predicted octanol–water partition coefficient (Wildman–Crippen LogP) is 0.805. The predicted molar refractivity (Wildman–Crippen MR) is 116 cm³/mol. The van der Waals surface area contributed by atoms with Crippen LogP contribution in [0, 0.1) is 11.8 Å². The summed E-state index contributed by atoms with van der Waals surface area (Å²) < 4.78 is 22.2. The van der Waals surface area contributed by atoms with Crippen LogP contribution < -0.4 is 15.9 Å². The second kappa shape index (κ2) is 11.6. The number of nitrogens with one attached hydrogen (secondary N) is 1. The number of aromatic nitrogens is 2. The average molecular weight is 412 g/mol. The summed E-state index contributed by atoms with van der Waals surface area (Å²) >= 11 is 0. The molecule has 1 aromatic heterocycles. The lowest BCUT2D eigenvalue weighted by Gasteiger charge is -2.26. The van der Waals surface area contributed by atoms with Gasteiger partial charge in [-0.3, -0.25) is 0 Å². The first-order valence-corrected chi connectivity index (χ1v) is 10.1. The van der Waals surface area contributed by atoms with Gasteiger partial charge in [0.2, 0.25) is 0 Å². The monoisotopic (exact) mass is 411 g/mol. The van der Waals surface area contributed by atoms with Crippen molar-refractivity contribution in [3.8, 4) is 11.8 Å². The van der Waals surface area contributed by atoms with E-state index in [0.717, 1.165) is 28.4 Å². The van der Waals surface area contributed by atoms with Crippen molar-refractivity contribution >= 4 is 18.0 Å². The summed E-state index contributed by atoms with van der Waals surface area (Å²) in [6.07, 6.45) is 12.2. The number of methoxy groups -OCH3 is 2. The molecule has 0 bridgehead atoms. The number of fused-ring (bicyclic) bond motifs is 1. The second-order valence-electron chi connectivity index (χ2n) is 6.90. The molecular formula is C23H29N3O4. The zero-order valence-electron chi connectivity index (χ0n) is 17.8. The highest BCUT2D eigenvalue weighted by molar-refractivity contribution is 5.53. The zero-order valence-corrected chi connectivity index (χ0v) is 17.8. The molecule has 30 heavy (non-hydrogen) atoms. The Morgan fingerprint density at radius 3 is 2.43 bits per heavy atom. The Morgan fingerprint density at radius 2 is 1.73 bits per heavy atom. The smallest absolute Gasteiger partial charge is 0.137 e. The molecule has 3 atom stereocenters. The fourth-order valence-electron chi connectivity index (χ4n) is 3.34. The standard InChI is InChI=1S/C23H29N3O4/c1-4-6-17-7-5-8-18(13-17)26-23-19-14-21(29-11-9-27-2)22(30-12-10-28-3)15-20(19)24-16-25-23/h5,7,13-16,18,21-22H,8-12H2,1-3H3,(H,24,25,26). The lowest BCUT2D eigenvalue weighted by Crippen LogP contribution is -2.44. The van der Waals surface area contributed by atoms with Crippen LogP contribution in [0.4, 0.5) is 5.82 Å². The van der Waals surface area contributed by atoms with E-state index in [2.05, 4.69) is 39.3 Å². The maximum atomic E-state index is 6.02. The van der Waals surface area contributed by atoms with Gasteiger partial charge >= 0.3 is 0 Å². The Bertz CT molecular complexity index is 945. The first kappa shape index (κ1) is 22.2. The number of rotatable bonds is 10. The molecule has 0 aromatic carbocycles. The van der Waals surface area contributed by atoms with Crippen molar-refractivity contribution in [2.24, 2.45) is 0 Å². The number of nitrogens with zero attached hydrogens (tertiary/aromatic N) is 2. The van der Waals surface area contributed by atoms with Gasteiger partial charge in [-0.05, 0) is 31.6 Å². The molecule has 3 rings (SSSR count). The van der Waals surface area contributed by atoms with Crippen LogP contribution in [0.15, 0.2) is 30.1 Å². The van der Waals surface area contributed by atoms with Crippen molar-refractivity contribution in [3.05, 3.63) is 40.7 Å². The highest BCUT2D eigenvalue weighted by Gasteiger charge is 2.23. The molecule has 2 aliphatic carbocycles. The summed E-state index contributed by atoms with van der Waals surface area (Å²) in [5.41, 5.74) is 1.01. The lowest BCUT2D eigenvalue weighted by molar-refractivity contribution is -0.0397. The number of allylic oxidation sites excluding steroid dienone is 2. The molecule has 0 saturated heterocycles. The number of anilines is 1. The van der Waals surface area contributed by atoms with Gasteiger partial charge in [-0.1, -0.05) is 18.1 Å². The molecule has 2 aliphatic rings.